The van der Waals surface area contributed by atoms with Crippen molar-refractivity contribution >= 4 is 0 Å². The third kappa shape index (κ3) is 2.85. The lowest BCUT2D eigenvalue weighted by Crippen LogP contribution is -2.42. The molecule has 0 rings (SSSR count). The fourth-order valence-corrected chi connectivity index (χ4v) is 0.723. The summed E-state index contributed by atoms with van der Waals surface area (Å²) in [5.74, 6) is 0. The number of aliphatic hydroxyl groups excluding tert-OH is 2. The van der Waals surface area contributed by atoms with E-state index >= 15 is 0 Å². The van der Waals surface area contributed by atoms with Gasteiger partial charge in [0, 0.05) is 0 Å². The highest BCUT2D eigenvalue weighted by Gasteiger charge is 2.17. The summed E-state index contributed by atoms with van der Waals surface area (Å²) < 4.78 is 0. The molecule has 0 saturated heterocycles. The summed E-state index contributed by atoms with van der Waals surface area (Å²) in [7, 11) is 1.70. The average Bonchev–Trinajstić information content (AvgIpc) is 2.05. The maximum absolute atomic E-state index is 8.73. The normalized spacial score (nSPS) is 13.5. The van der Waals surface area contributed by atoms with Gasteiger partial charge in [0.15, 0.2) is 0 Å². The van der Waals surface area contributed by atoms with E-state index in [0.717, 1.165) is 0 Å². The zero-order valence-electron chi connectivity index (χ0n) is 6.86. The van der Waals surface area contributed by atoms with E-state index in [4.69, 9.17) is 15.5 Å². The van der Waals surface area contributed by atoms with E-state index in [1.807, 2.05) is 6.07 Å². The van der Waals surface area contributed by atoms with Gasteiger partial charge < -0.3 is 10.2 Å². The minimum absolute atomic E-state index is 0.126. The average molecular weight is 158 g/mol. The van der Waals surface area contributed by atoms with Crippen molar-refractivity contribution in [2.24, 2.45) is 0 Å². The number of rotatable bonds is 4. The molecular formula is C7H14N2O2. The van der Waals surface area contributed by atoms with Crippen LogP contribution in [0.2, 0.25) is 0 Å². The summed E-state index contributed by atoms with van der Waals surface area (Å²) in [6, 6.07) is 1.41. The number of likely N-dealkylation sites (N-methyl/N-ethyl adjacent to an activating group) is 1. The molecule has 4 nitrogen and oxygen atoms in total. The second kappa shape index (κ2) is 5.08. The first-order chi connectivity index (χ1) is 5.17. The molecule has 0 aliphatic carbocycles. The molecule has 64 valence electrons. The molecule has 0 aromatic heterocycles. The molecular weight excluding hydrogens is 144 g/mol. The molecule has 1 unspecified atom stereocenters. The number of hydrogen-bond donors (Lipinski definition) is 2. The van der Waals surface area contributed by atoms with Gasteiger partial charge in [0.1, 0.15) is 0 Å². The maximum atomic E-state index is 8.73. The highest BCUT2D eigenvalue weighted by Crippen LogP contribution is 2.00. The minimum Gasteiger partial charge on any atom is -0.395 e. The zero-order valence-corrected chi connectivity index (χ0v) is 6.86. The SMILES string of the molecule is CC(C#N)N(C)C(CO)CO. The van der Waals surface area contributed by atoms with Gasteiger partial charge in [0.2, 0.25) is 0 Å². The molecule has 0 spiro atoms. The van der Waals surface area contributed by atoms with Crippen LogP contribution in [0.15, 0.2) is 0 Å². The first-order valence-corrected chi connectivity index (χ1v) is 3.50. The Morgan fingerprint density at radius 3 is 2.18 bits per heavy atom. The van der Waals surface area contributed by atoms with Gasteiger partial charge in [-0.2, -0.15) is 5.26 Å². The van der Waals surface area contributed by atoms with Crippen LogP contribution in [-0.4, -0.2) is 47.5 Å². The predicted molar refractivity (Wildman–Crippen MR) is 40.8 cm³/mol. The van der Waals surface area contributed by atoms with Crippen LogP contribution < -0.4 is 0 Å². The minimum atomic E-state index is -0.329. The van der Waals surface area contributed by atoms with Gasteiger partial charge in [0.05, 0.1) is 31.4 Å². The maximum Gasteiger partial charge on any atom is 0.0950 e. The molecule has 0 saturated carbocycles. The Morgan fingerprint density at radius 2 is 1.91 bits per heavy atom. The van der Waals surface area contributed by atoms with E-state index < -0.39 is 0 Å². The van der Waals surface area contributed by atoms with Gasteiger partial charge in [0.25, 0.3) is 0 Å². The second-order valence-electron chi connectivity index (χ2n) is 2.49. The van der Waals surface area contributed by atoms with Crippen molar-refractivity contribution in [3.8, 4) is 6.07 Å². The standard InChI is InChI=1S/C7H14N2O2/c1-6(3-8)9(2)7(4-10)5-11/h6-7,10-11H,4-5H2,1-2H3. The van der Waals surface area contributed by atoms with Crippen molar-refractivity contribution in [2.75, 3.05) is 20.3 Å². The van der Waals surface area contributed by atoms with Crippen LogP contribution in [0.3, 0.4) is 0 Å². The van der Waals surface area contributed by atoms with Crippen molar-refractivity contribution in [1.82, 2.24) is 4.90 Å². The summed E-state index contributed by atoms with van der Waals surface area (Å²) in [4.78, 5) is 1.64. The molecule has 0 radical (unpaired) electrons. The molecule has 0 fully saturated rings. The molecule has 0 aromatic carbocycles. The summed E-state index contributed by atoms with van der Waals surface area (Å²) in [6.45, 7) is 1.47. The first kappa shape index (κ1) is 10.4. The van der Waals surface area contributed by atoms with E-state index in [1.165, 1.54) is 0 Å². The van der Waals surface area contributed by atoms with E-state index in [1.54, 1.807) is 18.9 Å². The van der Waals surface area contributed by atoms with Crippen LogP contribution >= 0.6 is 0 Å². The lowest BCUT2D eigenvalue weighted by Gasteiger charge is -2.26. The second-order valence-corrected chi connectivity index (χ2v) is 2.49. The van der Waals surface area contributed by atoms with Crippen molar-refractivity contribution in [2.45, 2.75) is 19.0 Å². The van der Waals surface area contributed by atoms with Crippen LogP contribution in [0, 0.1) is 11.3 Å². The monoisotopic (exact) mass is 158 g/mol. The van der Waals surface area contributed by atoms with Gasteiger partial charge in [-0.05, 0) is 14.0 Å². The highest BCUT2D eigenvalue weighted by atomic mass is 16.3. The van der Waals surface area contributed by atoms with Crippen LogP contribution in [0.25, 0.3) is 0 Å². The number of nitriles is 1. The summed E-state index contributed by atoms with van der Waals surface area (Å²) in [5, 5.41) is 25.9. The zero-order chi connectivity index (χ0) is 8.85. The molecule has 4 heteroatoms. The molecule has 11 heavy (non-hydrogen) atoms. The largest absolute Gasteiger partial charge is 0.395 e. The van der Waals surface area contributed by atoms with Gasteiger partial charge in [-0.15, -0.1) is 0 Å². The van der Waals surface area contributed by atoms with Gasteiger partial charge in [-0.1, -0.05) is 0 Å². The van der Waals surface area contributed by atoms with Gasteiger partial charge in [-0.3, -0.25) is 4.90 Å². The molecule has 1 atom stereocenters. The van der Waals surface area contributed by atoms with E-state index in [0.29, 0.717) is 0 Å². The smallest absolute Gasteiger partial charge is 0.0950 e. The number of nitrogens with zero attached hydrogens (tertiary/aromatic N) is 2. The Hall–Kier alpha value is -0.630. The molecule has 0 aliphatic rings. The summed E-state index contributed by atoms with van der Waals surface area (Å²) in [6.07, 6.45) is 0. The summed E-state index contributed by atoms with van der Waals surface area (Å²) >= 11 is 0. The van der Waals surface area contributed by atoms with Gasteiger partial charge in [-0.25, -0.2) is 0 Å². The predicted octanol–water partition coefficient (Wildman–Crippen LogP) is -0.817. The Morgan fingerprint density at radius 1 is 1.45 bits per heavy atom. The van der Waals surface area contributed by atoms with Crippen LogP contribution in [-0.2, 0) is 0 Å². The molecule has 0 aliphatic heterocycles. The molecule has 0 bridgehead atoms. The fraction of sp³-hybridized carbons (Fsp3) is 0.857. The number of hydrogen-bond acceptors (Lipinski definition) is 4. The van der Waals surface area contributed by atoms with E-state index in [2.05, 4.69) is 0 Å². The lowest BCUT2D eigenvalue weighted by molar-refractivity contribution is 0.0814. The molecule has 0 heterocycles. The Balaban J connectivity index is 3.99. The molecule has 0 amide bonds. The number of aliphatic hydroxyl groups is 2. The lowest BCUT2D eigenvalue weighted by atomic mass is 10.2. The first-order valence-electron chi connectivity index (χ1n) is 3.50. The van der Waals surface area contributed by atoms with Crippen molar-refractivity contribution in [3.63, 3.8) is 0 Å². The van der Waals surface area contributed by atoms with E-state index in [-0.39, 0.29) is 25.3 Å². The molecule has 0 aromatic rings. The third-order valence-corrected chi connectivity index (χ3v) is 1.80. The fourth-order valence-electron chi connectivity index (χ4n) is 0.723. The van der Waals surface area contributed by atoms with Crippen LogP contribution in [0.4, 0.5) is 0 Å². The van der Waals surface area contributed by atoms with Gasteiger partial charge >= 0.3 is 0 Å². The Labute approximate surface area is 66.7 Å². The Kier molecular flexibility index (Phi) is 4.79. The third-order valence-electron chi connectivity index (χ3n) is 1.80. The highest BCUT2D eigenvalue weighted by molar-refractivity contribution is 4.89. The van der Waals surface area contributed by atoms with Crippen molar-refractivity contribution in [3.05, 3.63) is 0 Å². The van der Waals surface area contributed by atoms with Crippen LogP contribution in [0.5, 0.6) is 0 Å². The van der Waals surface area contributed by atoms with E-state index in [9.17, 15) is 0 Å². The van der Waals surface area contributed by atoms with Crippen molar-refractivity contribution in [1.29, 1.82) is 5.26 Å². The Bertz CT molecular complexity index is 140. The molecule has 2 N–H and O–H groups in total. The quantitative estimate of drug-likeness (QED) is 0.561. The van der Waals surface area contributed by atoms with Crippen LogP contribution in [0.1, 0.15) is 6.92 Å². The van der Waals surface area contributed by atoms with Crippen molar-refractivity contribution < 1.29 is 10.2 Å². The topological polar surface area (TPSA) is 67.5 Å². The summed E-state index contributed by atoms with van der Waals surface area (Å²) in [5.41, 5.74) is 0.